The lowest BCUT2D eigenvalue weighted by Crippen LogP contribution is -2.18. The van der Waals surface area contributed by atoms with Crippen LogP contribution in [-0.4, -0.2) is 23.5 Å². The van der Waals surface area contributed by atoms with Crippen LogP contribution in [-0.2, 0) is 6.54 Å². The number of aromatic nitrogens is 1. The standard InChI is InChI=1S/C10H11BrN2/c1-3-7-13(2)8-9-5-4-6-10(11)12-9/h1,4-6H,7-8H2,2H3. The average Bonchev–Trinajstić information content (AvgIpc) is 2.04. The van der Waals surface area contributed by atoms with Crippen LogP contribution in [0, 0.1) is 12.3 Å². The summed E-state index contributed by atoms with van der Waals surface area (Å²) in [4.78, 5) is 6.34. The lowest BCUT2D eigenvalue weighted by atomic mass is 10.3. The molecule has 1 rings (SSSR count). The van der Waals surface area contributed by atoms with Crippen molar-refractivity contribution in [2.24, 2.45) is 0 Å². The first-order valence-electron chi connectivity index (χ1n) is 3.96. The Morgan fingerprint density at radius 1 is 1.62 bits per heavy atom. The van der Waals surface area contributed by atoms with E-state index in [1.54, 1.807) is 0 Å². The zero-order valence-corrected chi connectivity index (χ0v) is 9.08. The third kappa shape index (κ3) is 3.58. The Morgan fingerprint density at radius 2 is 2.38 bits per heavy atom. The summed E-state index contributed by atoms with van der Waals surface area (Å²) in [5.74, 6) is 2.59. The first-order chi connectivity index (χ1) is 6.22. The summed E-state index contributed by atoms with van der Waals surface area (Å²) in [6, 6.07) is 5.86. The third-order valence-electron chi connectivity index (χ3n) is 1.57. The highest BCUT2D eigenvalue weighted by atomic mass is 79.9. The average molecular weight is 239 g/mol. The number of terminal acetylenes is 1. The molecule has 0 amide bonds. The predicted molar refractivity (Wildman–Crippen MR) is 57.1 cm³/mol. The van der Waals surface area contributed by atoms with Crippen LogP contribution in [0.3, 0.4) is 0 Å². The normalized spacial score (nSPS) is 10.0. The fourth-order valence-corrected chi connectivity index (χ4v) is 1.41. The Labute approximate surface area is 87.1 Å². The molecule has 0 saturated carbocycles. The van der Waals surface area contributed by atoms with Crippen LogP contribution in [0.25, 0.3) is 0 Å². The molecule has 0 aliphatic carbocycles. The maximum Gasteiger partial charge on any atom is 0.106 e. The van der Waals surface area contributed by atoms with Gasteiger partial charge in [-0.15, -0.1) is 6.42 Å². The van der Waals surface area contributed by atoms with E-state index in [9.17, 15) is 0 Å². The summed E-state index contributed by atoms with van der Waals surface area (Å²) in [6.45, 7) is 1.43. The molecule has 3 heteroatoms. The molecule has 68 valence electrons. The zero-order chi connectivity index (χ0) is 9.68. The van der Waals surface area contributed by atoms with Crippen molar-refractivity contribution >= 4 is 15.9 Å². The zero-order valence-electron chi connectivity index (χ0n) is 7.50. The first-order valence-corrected chi connectivity index (χ1v) is 4.75. The highest BCUT2D eigenvalue weighted by Crippen LogP contribution is 2.07. The summed E-state index contributed by atoms with van der Waals surface area (Å²) in [6.07, 6.45) is 5.19. The summed E-state index contributed by atoms with van der Waals surface area (Å²) >= 11 is 3.32. The largest absolute Gasteiger partial charge is 0.290 e. The van der Waals surface area contributed by atoms with E-state index in [2.05, 4.69) is 26.8 Å². The summed E-state index contributed by atoms with van der Waals surface area (Å²) in [5, 5.41) is 0. The van der Waals surface area contributed by atoms with Crippen LogP contribution in [0.5, 0.6) is 0 Å². The molecule has 0 bridgehead atoms. The van der Waals surface area contributed by atoms with E-state index >= 15 is 0 Å². The van der Waals surface area contributed by atoms with E-state index in [4.69, 9.17) is 6.42 Å². The third-order valence-corrected chi connectivity index (χ3v) is 2.01. The Hall–Kier alpha value is -0.850. The monoisotopic (exact) mass is 238 g/mol. The first kappa shape index (κ1) is 10.2. The maximum absolute atomic E-state index is 5.19. The van der Waals surface area contributed by atoms with Gasteiger partial charge in [-0.2, -0.15) is 0 Å². The highest BCUT2D eigenvalue weighted by Gasteiger charge is 1.99. The molecular weight excluding hydrogens is 228 g/mol. The molecule has 0 atom stereocenters. The second kappa shape index (κ2) is 5.00. The van der Waals surface area contributed by atoms with Gasteiger partial charge in [0.05, 0.1) is 12.2 Å². The Kier molecular flexibility index (Phi) is 3.94. The van der Waals surface area contributed by atoms with Crippen LogP contribution in [0.2, 0.25) is 0 Å². The molecule has 0 aliphatic heterocycles. The van der Waals surface area contributed by atoms with Gasteiger partial charge in [-0.3, -0.25) is 4.90 Å². The minimum atomic E-state index is 0.647. The smallest absolute Gasteiger partial charge is 0.106 e. The molecule has 0 spiro atoms. The number of rotatable bonds is 3. The van der Waals surface area contributed by atoms with Crippen LogP contribution < -0.4 is 0 Å². The molecule has 0 saturated heterocycles. The minimum absolute atomic E-state index is 0.647. The molecule has 1 aromatic rings. The second-order valence-electron chi connectivity index (χ2n) is 2.83. The molecule has 13 heavy (non-hydrogen) atoms. The van der Waals surface area contributed by atoms with Gasteiger partial charge in [-0.05, 0) is 35.1 Å². The number of pyridine rings is 1. The van der Waals surface area contributed by atoms with Gasteiger partial charge in [0.2, 0.25) is 0 Å². The maximum atomic E-state index is 5.19. The van der Waals surface area contributed by atoms with Gasteiger partial charge in [0.25, 0.3) is 0 Å². The molecule has 1 heterocycles. The van der Waals surface area contributed by atoms with E-state index in [0.717, 1.165) is 16.8 Å². The molecule has 0 unspecified atom stereocenters. The quantitative estimate of drug-likeness (QED) is 0.591. The Balaban J connectivity index is 2.59. The van der Waals surface area contributed by atoms with Gasteiger partial charge in [-0.1, -0.05) is 12.0 Å². The van der Waals surface area contributed by atoms with E-state index < -0.39 is 0 Å². The molecule has 0 N–H and O–H groups in total. The fraction of sp³-hybridized carbons (Fsp3) is 0.300. The molecule has 2 nitrogen and oxygen atoms in total. The molecule has 0 fully saturated rings. The summed E-state index contributed by atoms with van der Waals surface area (Å²) in [5.41, 5.74) is 1.02. The van der Waals surface area contributed by atoms with Crippen molar-refractivity contribution in [3.05, 3.63) is 28.5 Å². The van der Waals surface area contributed by atoms with Crippen molar-refractivity contribution in [3.8, 4) is 12.3 Å². The number of hydrogen-bond donors (Lipinski definition) is 0. The van der Waals surface area contributed by atoms with Crippen LogP contribution in [0.15, 0.2) is 22.8 Å². The summed E-state index contributed by atoms with van der Waals surface area (Å²) < 4.78 is 0.860. The lowest BCUT2D eigenvalue weighted by Gasteiger charge is -2.12. The van der Waals surface area contributed by atoms with Crippen LogP contribution in [0.1, 0.15) is 5.69 Å². The van der Waals surface area contributed by atoms with Gasteiger partial charge >= 0.3 is 0 Å². The van der Waals surface area contributed by atoms with Crippen molar-refractivity contribution in [3.63, 3.8) is 0 Å². The summed E-state index contributed by atoms with van der Waals surface area (Å²) in [7, 11) is 1.97. The lowest BCUT2D eigenvalue weighted by molar-refractivity contribution is 0.364. The topological polar surface area (TPSA) is 16.1 Å². The van der Waals surface area contributed by atoms with Gasteiger partial charge in [-0.25, -0.2) is 4.98 Å². The van der Waals surface area contributed by atoms with Crippen molar-refractivity contribution in [2.45, 2.75) is 6.54 Å². The van der Waals surface area contributed by atoms with E-state index in [-0.39, 0.29) is 0 Å². The molecular formula is C10H11BrN2. The Morgan fingerprint density at radius 3 is 3.00 bits per heavy atom. The van der Waals surface area contributed by atoms with Gasteiger partial charge in [0.15, 0.2) is 0 Å². The van der Waals surface area contributed by atoms with Gasteiger partial charge in [0, 0.05) is 6.54 Å². The van der Waals surface area contributed by atoms with Gasteiger partial charge in [0.1, 0.15) is 4.60 Å². The number of halogens is 1. The van der Waals surface area contributed by atoms with Crippen molar-refractivity contribution < 1.29 is 0 Å². The van der Waals surface area contributed by atoms with Gasteiger partial charge < -0.3 is 0 Å². The van der Waals surface area contributed by atoms with E-state index in [0.29, 0.717) is 6.54 Å². The molecule has 1 aromatic heterocycles. The SMILES string of the molecule is C#CCN(C)Cc1cccc(Br)n1. The van der Waals surface area contributed by atoms with Crippen molar-refractivity contribution in [1.82, 2.24) is 9.88 Å². The molecule has 0 aromatic carbocycles. The number of nitrogens with zero attached hydrogens (tertiary/aromatic N) is 2. The van der Waals surface area contributed by atoms with Crippen LogP contribution >= 0.6 is 15.9 Å². The number of hydrogen-bond acceptors (Lipinski definition) is 2. The van der Waals surface area contributed by atoms with Crippen molar-refractivity contribution in [1.29, 1.82) is 0 Å². The van der Waals surface area contributed by atoms with Crippen molar-refractivity contribution in [2.75, 3.05) is 13.6 Å². The second-order valence-corrected chi connectivity index (χ2v) is 3.64. The molecule has 0 radical (unpaired) electrons. The van der Waals surface area contributed by atoms with E-state index in [1.165, 1.54) is 0 Å². The van der Waals surface area contributed by atoms with Crippen LogP contribution in [0.4, 0.5) is 0 Å². The Bertz CT molecular complexity index is 317. The van der Waals surface area contributed by atoms with E-state index in [1.807, 2.05) is 30.1 Å². The highest BCUT2D eigenvalue weighted by molar-refractivity contribution is 9.10. The molecule has 0 aliphatic rings. The minimum Gasteiger partial charge on any atom is -0.290 e. The fourth-order valence-electron chi connectivity index (χ4n) is 1.03. The predicted octanol–water partition coefficient (Wildman–Crippen LogP) is 1.91.